The van der Waals surface area contributed by atoms with E-state index in [-0.39, 0.29) is 5.05 Å². The lowest BCUT2D eigenvalue weighted by Crippen LogP contribution is -2.40. The molecule has 64 valence electrons. The first-order valence-electron chi connectivity index (χ1n) is 3.63. The Morgan fingerprint density at radius 1 is 1.42 bits per heavy atom. The molecule has 1 atom stereocenters. The molecule has 2 nitrogen and oxygen atoms in total. The number of hydrogen-bond acceptors (Lipinski definition) is 2. The predicted octanol–water partition coefficient (Wildman–Crippen LogP) is 1.75. The molecule has 1 aromatic carbocycles. The van der Waals surface area contributed by atoms with Crippen LogP contribution in [0.25, 0.3) is 0 Å². The second kappa shape index (κ2) is 3.21. The van der Waals surface area contributed by atoms with Crippen molar-refractivity contribution in [3.63, 3.8) is 0 Å². The molecule has 3 heteroatoms. The Morgan fingerprint density at radius 3 is 2.33 bits per heavy atom. The van der Waals surface area contributed by atoms with E-state index in [4.69, 9.17) is 10.8 Å². The highest BCUT2D eigenvalue weighted by atomic mass is 32.1. The lowest BCUT2D eigenvalue weighted by molar-refractivity contribution is 0.480. The fourth-order valence-corrected chi connectivity index (χ4v) is 1.03. The number of aliphatic hydroxyl groups is 1. The second-order valence-electron chi connectivity index (χ2n) is 2.87. The first-order chi connectivity index (χ1) is 5.55. The van der Waals surface area contributed by atoms with Crippen LogP contribution in [0.4, 0.5) is 0 Å². The molecule has 0 spiro atoms. The van der Waals surface area contributed by atoms with Gasteiger partial charge in [0.15, 0.2) is 5.05 Å². The van der Waals surface area contributed by atoms with E-state index in [1.54, 1.807) is 6.92 Å². The van der Waals surface area contributed by atoms with Crippen LogP contribution in [0.3, 0.4) is 0 Å². The van der Waals surface area contributed by atoms with Gasteiger partial charge in [-0.05, 0) is 24.7 Å². The van der Waals surface area contributed by atoms with E-state index >= 15 is 0 Å². The number of nitrogens with two attached hydrogens (primary N) is 1. The summed E-state index contributed by atoms with van der Waals surface area (Å²) < 4.78 is 0. The van der Waals surface area contributed by atoms with Crippen LogP contribution in [0.5, 0.6) is 0 Å². The summed E-state index contributed by atoms with van der Waals surface area (Å²) in [5, 5.41) is 8.95. The van der Waals surface area contributed by atoms with Crippen molar-refractivity contribution >= 4 is 17.3 Å². The van der Waals surface area contributed by atoms with Crippen LogP contribution in [0.15, 0.2) is 30.3 Å². The Bertz CT molecular complexity index is 282. The molecule has 0 aliphatic carbocycles. The maximum atomic E-state index is 9.14. The van der Waals surface area contributed by atoms with Crippen molar-refractivity contribution in [1.29, 1.82) is 0 Å². The zero-order chi connectivity index (χ0) is 9.19. The molecule has 0 saturated heterocycles. The Balaban J connectivity index is 3.06. The van der Waals surface area contributed by atoms with Gasteiger partial charge in [-0.2, -0.15) is 0 Å². The van der Waals surface area contributed by atoms with Gasteiger partial charge in [0.2, 0.25) is 0 Å². The van der Waals surface area contributed by atoms with Crippen molar-refractivity contribution in [1.82, 2.24) is 0 Å². The fraction of sp³-hybridized carbons (Fsp3) is 0.222. The van der Waals surface area contributed by atoms with Crippen LogP contribution < -0.4 is 5.73 Å². The Hall–Kier alpha value is -0.930. The Morgan fingerprint density at radius 2 is 1.92 bits per heavy atom. The summed E-state index contributed by atoms with van der Waals surface area (Å²) in [6.45, 7) is 1.69. The summed E-state index contributed by atoms with van der Waals surface area (Å²) in [6, 6.07) is 9.28. The van der Waals surface area contributed by atoms with E-state index in [1.807, 2.05) is 30.3 Å². The van der Waals surface area contributed by atoms with E-state index in [2.05, 4.69) is 12.2 Å². The van der Waals surface area contributed by atoms with Crippen molar-refractivity contribution in [2.24, 2.45) is 5.73 Å². The topological polar surface area (TPSA) is 46.2 Å². The minimum absolute atomic E-state index is 0.186. The first-order valence-corrected chi connectivity index (χ1v) is 4.04. The molecule has 1 aromatic rings. The maximum absolute atomic E-state index is 9.14. The monoisotopic (exact) mass is 181 g/mol. The van der Waals surface area contributed by atoms with Crippen LogP contribution in [-0.4, -0.2) is 10.2 Å². The SMILES string of the molecule is C[C@@](N)(C(O)=S)c1ccccc1. The Labute approximate surface area is 77.0 Å². The molecule has 0 aromatic heterocycles. The summed E-state index contributed by atoms with van der Waals surface area (Å²) in [5.41, 5.74) is 5.69. The summed E-state index contributed by atoms with van der Waals surface area (Å²) >= 11 is 4.64. The highest BCUT2D eigenvalue weighted by molar-refractivity contribution is 7.80. The van der Waals surface area contributed by atoms with Crippen LogP contribution in [0.2, 0.25) is 0 Å². The van der Waals surface area contributed by atoms with Gasteiger partial charge in [0.05, 0.1) is 0 Å². The maximum Gasteiger partial charge on any atom is 0.181 e. The summed E-state index contributed by atoms with van der Waals surface area (Å²) in [4.78, 5) is 0. The van der Waals surface area contributed by atoms with Crippen LogP contribution in [0, 0.1) is 0 Å². The van der Waals surface area contributed by atoms with Crippen LogP contribution in [-0.2, 0) is 5.54 Å². The molecular formula is C9H11NOS. The molecule has 0 radical (unpaired) electrons. The van der Waals surface area contributed by atoms with Crippen molar-refractivity contribution in [3.05, 3.63) is 35.9 Å². The zero-order valence-electron chi connectivity index (χ0n) is 6.82. The fourth-order valence-electron chi connectivity index (χ4n) is 0.908. The molecule has 0 aliphatic heterocycles. The van der Waals surface area contributed by atoms with Crippen molar-refractivity contribution in [2.75, 3.05) is 0 Å². The van der Waals surface area contributed by atoms with Crippen molar-refractivity contribution in [3.8, 4) is 0 Å². The smallest absolute Gasteiger partial charge is 0.181 e. The van der Waals surface area contributed by atoms with E-state index in [0.717, 1.165) is 5.56 Å². The second-order valence-corrected chi connectivity index (χ2v) is 3.26. The molecule has 0 fully saturated rings. The normalized spacial score (nSPS) is 15.2. The summed E-state index contributed by atoms with van der Waals surface area (Å²) in [7, 11) is 0. The molecule has 0 aliphatic rings. The molecule has 0 amide bonds. The third-order valence-electron chi connectivity index (χ3n) is 1.82. The molecule has 0 saturated carbocycles. The highest BCUT2D eigenvalue weighted by Crippen LogP contribution is 2.17. The number of benzene rings is 1. The summed E-state index contributed by atoms with van der Waals surface area (Å²) in [6.07, 6.45) is 0. The molecular weight excluding hydrogens is 170 g/mol. The van der Waals surface area contributed by atoms with Gasteiger partial charge >= 0.3 is 0 Å². The average molecular weight is 181 g/mol. The summed E-state index contributed by atoms with van der Waals surface area (Å²) in [5.74, 6) is 0. The van der Waals surface area contributed by atoms with Crippen molar-refractivity contribution < 1.29 is 5.11 Å². The minimum Gasteiger partial charge on any atom is -0.500 e. The molecule has 12 heavy (non-hydrogen) atoms. The van der Waals surface area contributed by atoms with Gasteiger partial charge < -0.3 is 10.8 Å². The van der Waals surface area contributed by atoms with E-state index in [1.165, 1.54) is 0 Å². The number of aliphatic hydroxyl groups excluding tert-OH is 1. The van der Waals surface area contributed by atoms with Gasteiger partial charge in [-0.1, -0.05) is 30.3 Å². The van der Waals surface area contributed by atoms with Gasteiger partial charge in [-0.25, -0.2) is 0 Å². The van der Waals surface area contributed by atoms with Gasteiger partial charge in [0, 0.05) is 0 Å². The van der Waals surface area contributed by atoms with E-state index in [0.29, 0.717) is 0 Å². The van der Waals surface area contributed by atoms with Crippen LogP contribution in [0.1, 0.15) is 12.5 Å². The highest BCUT2D eigenvalue weighted by Gasteiger charge is 2.25. The number of thiocarbonyl (C=S) groups is 1. The average Bonchev–Trinajstić information content (AvgIpc) is 2.06. The van der Waals surface area contributed by atoms with Gasteiger partial charge in [0.25, 0.3) is 0 Å². The van der Waals surface area contributed by atoms with Crippen molar-refractivity contribution in [2.45, 2.75) is 12.5 Å². The van der Waals surface area contributed by atoms with Gasteiger partial charge in [-0.3, -0.25) is 0 Å². The van der Waals surface area contributed by atoms with Gasteiger partial charge in [0.1, 0.15) is 5.54 Å². The lowest BCUT2D eigenvalue weighted by atomic mass is 9.94. The Kier molecular flexibility index (Phi) is 2.45. The molecule has 0 bridgehead atoms. The minimum atomic E-state index is -0.920. The van der Waals surface area contributed by atoms with E-state index in [9.17, 15) is 0 Å². The standard InChI is InChI=1S/C9H11NOS/c1-9(10,8(11)12)7-5-3-2-4-6-7/h2-6H,10H2,1H3,(H,11,12)/t9-/m0/s1. The molecule has 0 unspecified atom stereocenters. The first kappa shape index (κ1) is 9.16. The lowest BCUT2D eigenvalue weighted by Gasteiger charge is -2.21. The quantitative estimate of drug-likeness (QED) is 0.683. The number of rotatable bonds is 2. The molecule has 0 heterocycles. The van der Waals surface area contributed by atoms with E-state index < -0.39 is 5.54 Å². The predicted molar refractivity (Wildman–Crippen MR) is 53.2 cm³/mol. The molecule has 3 N–H and O–H groups in total. The number of hydrogen-bond donors (Lipinski definition) is 2. The molecule has 1 rings (SSSR count). The third-order valence-corrected chi connectivity index (χ3v) is 2.24. The van der Waals surface area contributed by atoms with Gasteiger partial charge in [-0.15, -0.1) is 0 Å². The van der Waals surface area contributed by atoms with Crippen LogP contribution >= 0.6 is 12.2 Å². The largest absolute Gasteiger partial charge is 0.500 e. The third kappa shape index (κ3) is 1.62. The zero-order valence-corrected chi connectivity index (χ0v) is 7.64.